The van der Waals surface area contributed by atoms with Crippen LogP contribution in [0.4, 0.5) is 10.1 Å². The molecule has 0 saturated carbocycles. The molecule has 0 heterocycles. The molecule has 0 radical (unpaired) electrons. The van der Waals surface area contributed by atoms with Crippen LogP contribution in [0.3, 0.4) is 0 Å². The molecule has 0 aliphatic carbocycles. The van der Waals surface area contributed by atoms with E-state index in [1.807, 2.05) is 19.2 Å². The van der Waals surface area contributed by atoms with Gasteiger partial charge in [-0.25, -0.2) is 4.39 Å². The Morgan fingerprint density at radius 3 is 2.35 bits per heavy atom. The maximum atomic E-state index is 12.8. The fourth-order valence-corrected chi connectivity index (χ4v) is 1.95. The summed E-state index contributed by atoms with van der Waals surface area (Å²) in [6.07, 6.45) is 0. The molecule has 17 heavy (non-hydrogen) atoms. The van der Waals surface area contributed by atoms with Gasteiger partial charge < -0.3 is 10.2 Å². The Hall–Kier alpha value is -1.09. The van der Waals surface area contributed by atoms with Crippen molar-refractivity contribution in [1.82, 2.24) is 5.32 Å². The average Bonchev–Trinajstić information content (AvgIpc) is 2.26. The van der Waals surface area contributed by atoms with E-state index in [4.69, 9.17) is 0 Å². The van der Waals surface area contributed by atoms with Gasteiger partial charge >= 0.3 is 0 Å². The number of hydrogen-bond acceptors (Lipinski definition) is 2. The van der Waals surface area contributed by atoms with Gasteiger partial charge in [0.1, 0.15) is 5.82 Å². The normalized spacial score (nSPS) is 11.6. The summed E-state index contributed by atoms with van der Waals surface area (Å²) in [5, 5.41) is 3.37. The van der Waals surface area contributed by atoms with Crippen LogP contribution in [0.1, 0.15) is 20.8 Å². The van der Waals surface area contributed by atoms with Gasteiger partial charge in [-0.3, -0.25) is 0 Å². The molecular weight excluding hydrogens is 215 g/mol. The van der Waals surface area contributed by atoms with Crippen LogP contribution in [0.5, 0.6) is 0 Å². The smallest absolute Gasteiger partial charge is 0.123 e. The number of rotatable bonds is 6. The summed E-state index contributed by atoms with van der Waals surface area (Å²) in [5.74, 6) is -0.186. The molecule has 1 aromatic carbocycles. The molecule has 1 N–H and O–H groups in total. The average molecular weight is 238 g/mol. The Morgan fingerprint density at radius 1 is 1.24 bits per heavy atom. The largest absolute Gasteiger partial charge is 0.374 e. The molecule has 0 spiro atoms. The van der Waals surface area contributed by atoms with Crippen molar-refractivity contribution >= 4 is 5.69 Å². The Kier molecular flexibility index (Phi) is 4.94. The molecule has 0 saturated heterocycles. The van der Waals surface area contributed by atoms with E-state index in [2.05, 4.69) is 31.0 Å². The first-order valence-electron chi connectivity index (χ1n) is 6.12. The maximum Gasteiger partial charge on any atom is 0.123 e. The van der Waals surface area contributed by atoms with Crippen molar-refractivity contribution in [2.75, 3.05) is 31.6 Å². The number of anilines is 1. The molecule has 0 aromatic heterocycles. The van der Waals surface area contributed by atoms with Crippen LogP contribution in [0, 0.1) is 11.2 Å². The van der Waals surface area contributed by atoms with Gasteiger partial charge in [0.25, 0.3) is 0 Å². The SMILES string of the molecule is CCNCC(C)(C)CN(C)c1ccc(F)cc1. The van der Waals surface area contributed by atoms with E-state index in [-0.39, 0.29) is 11.2 Å². The number of nitrogens with zero attached hydrogens (tertiary/aromatic N) is 1. The van der Waals surface area contributed by atoms with Crippen molar-refractivity contribution in [3.05, 3.63) is 30.1 Å². The van der Waals surface area contributed by atoms with Crippen LogP contribution in [0.2, 0.25) is 0 Å². The molecular formula is C14H23FN2. The lowest BCUT2D eigenvalue weighted by atomic mass is 9.92. The predicted molar refractivity (Wildman–Crippen MR) is 72.0 cm³/mol. The van der Waals surface area contributed by atoms with Crippen molar-refractivity contribution in [3.8, 4) is 0 Å². The molecule has 96 valence electrons. The van der Waals surface area contributed by atoms with E-state index >= 15 is 0 Å². The van der Waals surface area contributed by atoms with Crippen LogP contribution < -0.4 is 10.2 Å². The van der Waals surface area contributed by atoms with Gasteiger partial charge in [0, 0.05) is 25.8 Å². The lowest BCUT2D eigenvalue weighted by molar-refractivity contribution is 0.350. The highest BCUT2D eigenvalue weighted by atomic mass is 19.1. The van der Waals surface area contributed by atoms with Crippen LogP contribution >= 0.6 is 0 Å². The minimum Gasteiger partial charge on any atom is -0.374 e. The van der Waals surface area contributed by atoms with Crippen LogP contribution in [0.25, 0.3) is 0 Å². The first-order valence-corrected chi connectivity index (χ1v) is 6.12. The minimum absolute atomic E-state index is 0.186. The Bertz CT molecular complexity index is 333. The summed E-state index contributed by atoms with van der Waals surface area (Å²) in [6.45, 7) is 9.48. The Morgan fingerprint density at radius 2 is 1.82 bits per heavy atom. The summed E-state index contributed by atoms with van der Waals surface area (Å²) < 4.78 is 12.8. The van der Waals surface area contributed by atoms with E-state index < -0.39 is 0 Å². The van der Waals surface area contributed by atoms with E-state index in [0.29, 0.717) is 0 Å². The van der Waals surface area contributed by atoms with Crippen molar-refractivity contribution < 1.29 is 4.39 Å². The quantitative estimate of drug-likeness (QED) is 0.819. The monoisotopic (exact) mass is 238 g/mol. The number of nitrogens with one attached hydrogen (secondary N) is 1. The van der Waals surface area contributed by atoms with Gasteiger partial charge in [0.2, 0.25) is 0 Å². The van der Waals surface area contributed by atoms with Gasteiger partial charge in [-0.1, -0.05) is 20.8 Å². The highest BCUT2D eigenvalue weighted by Gasteiger charge is 2.19. The number of benzene rings is 1. The van der Waals surface area contributed by atoms with Crippen molar-refractivity contribution in [3.63, 3.8) is 0 Å². The molecule has 1 aromatic rings. The third-order valence-corrected chi connectivity index (χ3v) is 2.79. The Balaban J connectivity index is 2.58. The third-order valence-electron chi connectivity index (χ3n) is 2.79. The van der Waals surface area contributed by atoms with Crippen molar-refractivity contribution in [2.45, 2.75) is 20.8 Å². The summed E-state index contributed by atoms with van der Waals surface area (Å²) in [4.78, 5) is 2.16. The summed E-state index contributed by atoms with van der Waals surface area (Å²) in [7, 11) is 2.04. The maximum absolute atomic E-state index is 12.8. The van der Waals surface area contributed by atoms with Crippen molar-refractivity contribution in [2.24, 2.45) is 5.41 Å². The van der Waals surface area contributed by atoms with Crippen LogP contribution in [-0.2, 0) is 0 Å². The second-order valence-corrected chi connectivity index (χ2v) is 5.28. The predicted octanol–water partition coefficient (Wildman–Crippen LogP) is 2.90. The van der Waals surface area contributed by atoms with E-state index in [1.54, 1.807) is 0 Å². The lowest BCUT2D eigenvalue weighted by Gasteiger charge is -2.31. The molecule has 0 amide bonds. The molecule has 1 rings (SSSR count). The highest BCUT2D eigenvalue weighted by molar-refractivity contribution is 5.45. The molecule has 2 nitrogen and oxygen atoms in total. The summed E-state index contributed by atoms with van der Waals surface area (Å²) in [5.41, 5.74) is 1.25. The first kappa shape index (κ1) is 14.0. The zero-order valence-corrected chi connectivity index (χ0v) is 11.3. The fourth-order valence-electron chi connectivity index (χ4n) is 1.95. The van der Waals surface area contributed by atoms with Crippen LogP contribution in [0.15, 0.2) is 24.3 Å². The van der Waals surface area contributed by atoms with Crippen molar-refractivity contribution in [1.29, 1.82) is 0 Å². The molecule has 3 heteroatoms. The van der Waals surface area contributed by atoms with Gasteiger partial charge in [0.05, 0.1) is 0 Å². The van der Waals surface area contributed by atoms with Gasteiger partial charge in [-0.2, -0.15) is 0 Å². The first-order chi connectivity index (χ1) is 7.94. The fraction of sp³-hybridized carbons (Fsp3) is 0.571. The highest BCUT2D eigenvalue weighted by Crippen LogP contribution is 2.20. The molecule has 0 atom stereocenters. The molecule has 0 aliphatic heterocycles. The van der Waals surface area contributed by atoms with E-state index in [9.17, 15) is 4.39 Å². The summed E-state index contributed by atoms with van der Waals surface area (Å²) in [6, 6.07) is 6.64. The van der Waals surface area contributed by atoms with Crippen LogP contribution in [-0.4, -0.2) is 26.7 Å². The standard InChI is InChI=1S/C14H23FN2/c1-5-16-10-14(2,3)11-17(4)13-8-6-12(15)7-9-13/h6-9,16H,5,10-11H2,1-4H3. The molecule has 0 aliphatic rings. The second-order valence-electron chi connectivity index (χ2n) is 5.28. The number of halogens is 1. The lowest BCUT2D eigenvalue weighted by Crippen LogP contribution is -2.39. The second kappa shape index (κ2) is 6.01. The molecule has 0 bridgehead atoms. The molecule has 0 fully saturated rings. The van der Waals surface area contributed by atoms with E-state index in [1.165, 1.54) is 12.1 Å². The van der Waals surface area contributed by atoms with Gasteiger partial charge in [0.15, 0.2) is 0 Å². The summed E-state index contributed by atoms with van der Waals surface area (Å²) >= 11 is 0. The zero-order valence-electron chi connectivity index (χ0n) is 11.3. The van der Waals surface area contributed by atoms with Gasteiger partial charge in [-0.05, 0) is 36.2 Å². The zero-order chi connectivity index (χ0) is 12.9. The number of hydrogen-bond donors (Lipinski definition) is 1. The van der Waals surface area contributed by atoms with E-state index in [0.717, 1.165) is 25.3 Å². The third kappa shape index (κ3) is 4.73. The minimum atomic E-state index is -0.186. The molecule has 0 unspecified atom stereocenters. The van der Waals surface area contributed by atoms with Gasteiger partial charge in [-0.15, -0.1) is 0 Å². The topological polar surface area (TPSA) is 15.3 Å². The Labute approximate surface area is 104 Å².